The Morgan fingerprint density at radius 2 is 1.44 bits per heavy atom. The predicted octanol–water partition coefficient (Wildman–Crippen LogP) is 7.66. The third-order valence-corrected chi connectivity index (χ3v) is 5.89. The average Bonchev–Trinajstić information content (AvgIpc) is 2.83. The van der Waals surface area contributed by atoms with Crippen LogP contribution in [0.2, 0.25) is 0 Å². The van der Waals surface area contributed by atoms with Crippen LogP contribution in [0.1, 0.15) is 104 Å². The number of hydrogen-bond donors (Lipinski definition) is 2. The zero-order valence-corrected chi connectivity index (χ0v) is 22.1. The molecule has 0 heterocycles. The molecule has 0 aliphatic rings. The monoisotopic (exact) mass is 474 g/mol. The topological polar surface area (TPSA) is 59.6 Å². The number of methoxy groups -OCH3 is 1. The number of rotatable bonds is 22. The summed E-state index contributed by atoms with van der Waals surface area (Å²) in [5.41, 5.74) is 0.704. The van der Waals surface area contributed by atoms with Gasteiger partial charge in [0.15, 0.2) is 11.5 Å². The third-order valence-electron chi connectivity index (χ3n) is 5.89. The van der Waals surface area contributed by atoms with E-state index in [1.807, 2.05) is 12.1 Å². The van der Waals surface area contributed by atoms with E-state index in [1.165, 1.54) is 96.8 Å². The second-order valence-electron chi connectivity index (χ2n) is 9.08. The summed E-state index contributed by atoms with van der Waals surface area (Å²) in [6.45, 7) is 6.18. The maximum Gasteiger partial charge on any atom is 0.221 e. The van der Waals surface area contributed by atoms with Crippen LogP contribution < -0.4 is 20.1 Å². The molecule has 0 fully saturated rings. The first kappa shape index (κ1) is 30.0. The lowest BCUT2D eigenvalue weighted by atomic mass is 10.1. The van der Waals surface area contributed by atoms with E-state index < -0.39 is 0 Å². The fourth-order valence-corrected chi connectivity index (χ4v) is 3.92. The van der Waals surface area contributed by atoms with Crippen LogP contribution in [0.4, 0.5) is 5.69 Å². The maximum atomic E-state index is 11.2. The number of allylic oxidation sites excluding steroid dienone is 2. The molecule has 0 saturated heterocycles. The Balaban J connectivity index is 1.90. The van der Waals surface area contributed by atoms with Crippen molar-refractivity contribution >= 4 is 11.6 Å². The second-order valence-corrected chi connectivity index (χ2v) is 9.08. The van der Waals surface area contributed by atoms with E-state index in [0.29, 0.717) is 23.8 Å². The van der Waals surface area contributed by atoms with Gasteiger partial charge in [0, 0.05) is 25.2 Å². The Labute approximate surface area is 209 Å². The van der Waals surface area contributed by atoms with E-state index >= 15 is 0 Å². The van der Waals surface area contributed by atoms with Crippen LogP contribution in [0.5, 0.6) is 11.5 Å². The van der Waals surface area contributed by atoms with Crippen LogP contribution in [0, 0.1) is 0 Å². The van der Waals surface area contributed by atoms with Gasteiger partial charge < -0.3 is 20.1 Å². The molecule has 5 heteroatoms. The van der Waals surface area contributed by atoms with Gasteiger partial charge in [0.2, 0.25) is 5.91 Å². The van der Waals surface area contributed by atoms with Crippen molar-refractivity contribution in [2.75, 3.05) is 32.1 Å². The summed E-state index contributed by atoms with van der Waals surface area (Å²) in [4.78, 5) is 11.2. The zero-order chi connectivity index (χ0) is 24.7. The Morgan fingerprint density at radius 3 is 2.06 bits per heavy atom. The summed E-state index contributed by atoms with van der Waals surface area (Å²) in [6.07, 6.45) is 23.5. The Bertz CT molecular complexity index is 661. The number of carbonyl (C=O) groups excluding carboxylic acids is 1. The predicted molar refractivity (Wildman–Crippen MR) is 145 cm³/mol. The van der Waals surface area contributed by atoms with Crippen LogP contribution in [-0.4, -0.2) is 32.7 Å². The molecule has 0 unspecified atom stereocenters. The summed E-state index contributed by atoms with van der Waals surface area (Å²) >= 11 is 0. The van der Waals surface area contributed by atoms with Gasteiger partial charge in [-0.25, -0.2) is 0 Å². The number of amides is 1. The highest BCUT2D eigenvalue weighted by atomic mass is 16.5. The number of hydrogen-bond acceptors (Lipinski definition) is 4. The van der Waals surface area contributed by atoms with Gasteiger partial charge in [-0.2, -0.15) is 0 Å². The highest BCUT2D eigenvalue weighted by molar-refractivity contribution is 5.89. The largest absolute Gasteiger partial charge is 0.493 e. The van der Waals surface area contributed by atoms with E-state index in [1.54, 1.807) is 13.2 Å². The normalized spacial score (nSPS) is 11.1. The number of unbranched alkanes of at least 4 members (excludes halogenated alkanes) is 12. The molecular weight excluding hydrogens is 424 g/mol. The number of anilines is 1. The summed E-state index contributed by atoms with van der Waals surface area (Å²) in [5.74, 6) is 1.21. The summed E-state index contributed by atoms with van der Waals surface area (Å²) in [7, 11) is 1.60. The Hall–Kier alpha value is -2.01. The van der Waals surface area contributed by atoms with Crippen molar-refractivity contribution in [2.24, 2.45) is 0 Å². The molecule has 0 aromatic heterocycles. The minimum absolute atomic E-state index is 0.105. The highest BCUT2D eigenvalue weighted by Gasteiger charge is 2.06. The van der Waals surface area contributed by atoms with Crippen LogP contribution >= 0.6 is 0 Å². The molecule has 1 aromatic rings. The first-order valence-electron chi connectivity index (χ1n) is 13.6. The average molecular weight is 475 g/mol. The summed E-state index contributed by atoms with van der Waals surface area (Å²) < 4.78 is 11.2. The van der Waals surface area contributed by atoms with Gasteiger partial charge >= 0.3 is 0 Å². The molecule has 0 aliphatic heterocycles. The van der Waals surface area contributed by atoms with E-state index in [2.05, 4.69) is 29.7 Å². The summed E-state index contributed by atoms with van der Waals surface area (Å²) in [6, 6.07) is 5.42. The lowest BCUT2D eigenvalue weighted by Gasteiger charge is -2.13. The van der Waals surface area contributed by atoms with Crippen molar-refractivity contribution in [2.45, 2.75) is 104 Å². The molecule has 194 valence electrons. The summed E-state index contributed by atoms with van der Waals surface area (Å²) in [5, 5.41) is 6.20. The van der Waals surface area contributed by atoms with Crippen molar-refractivity contribution in [1.82, 2.24) is 5.32 Å². The lowest BCUT2D eigenvalue weighted by molar-refractivity contribution is -0.114. The molecule has 0 atom stereocenters. The molecule has 0 spiro atoms. The lowest BCUT2D eigenvalue weighted by Crippen LogP contribution is -2.22. The first-order chi connectivity index (χ1) is 16.7. The molecule has 0 bridgehead atoms. The molecule has 1 aromatic carbocycles. The van der Waals surface area contributed by atoms with Gasteiger partial charge in [0.25, 0.3) is 0 Å². The molecule has 2 N–H and O–H groups in total. The van der Waals surface area contributed by atoms with Crippen LogP contribution in [-0.2, 0) is 4.79 Å². The van der Waals surface area contributed by atoms with Crippen LogP contribution in [0.15, 0.2) is 30.4 Å². The minimum atomic E-state index is -0.105. The molecule has 1 amide bonds. The SMILES string of the molecule is CCCCCCCC/C=C\CCCCCCCCNCCOc1ccc(NC(C)=O)cc1OC. The number of benzene rings is 1. The van der Waals surface area contributed by atoms with Crippen molar-refractivity contribution in [3.8, 4) is 11.5 Å². The van der Waals surface area contributed by atoms with Gasteiger partial charge in [-0.1, -0.05) is 76.9 Å². The van der Waals surface area contributed by atoms with Gasteiger partial charge in [0.1, 0.15) is 6.61 Å². The molecule has 5 nitrogen and oxygen atoms in total. The Morgan fingerprint density at radius 1 is 0.824 bits per heavy atom. The maximum absolute atomic E-state index is 11.2. The fourth-order valence-electron chi connectivity index (χ4n) is 3.92. The minimum Gasteiger partial charge on any atom is -0.493 e. The number of carbonyl (C=O) groups is 1. The van der Waals surface area contributed by atoms with Gasteiger partial charge in [-0.3, -0.25) is 4.79 Å². The van der Waals surface area contributed by atoms with Gasteiger partial charge in [0.05, 0.1) is 7.11 Å². The molecule has 0 radical (unpaired) electrons. The molecule has 1 rings (SSSR count). The van der Waals surface area contributed by atoms with Crippen molar-refractivity contribution < 1.29 is 14.3 Å². The number of nitrogens with one attached hydrogen (secondary N) is 2. The molecule has 34 heavy (non-hydrogen) atoms. The molecular formula is C29H50N2O3. The van der Waals surface area contributed by atoms with E-state index in [0.717, 1.165) is 13.1 Å². The van der Waals surface area contributed by atoms with Crippen LogP contribution in [0.25, 0.3) is 0 Å². The van der Waals surface area contributed by atoms with E-state index in [-0.39, 0.29) is 5.91 Å². The van der Waals surface area contributed by atoms with Gasteiger partial charge in [-0.15, -0.1) is 0 Å². The van der Waals surface area contributed by atoms with Crippen molar-refractivity contribution in [3.05, 3.63) is 30.4 Å². The van der Waals surface area contributed by atoms with Crippen molar-refractivity contribution in [1.29, 1.82) is 0 Å². The van der Waals surface area contributed by atoms with Crippen molar-refractivity contribution in [3.63, 3.8) is 0 Å². The van der Waals surface area contributed by atoms with Crippen LogP contribution in [0.3, 0.4) is 0 Å². The first-order valence-corrected chi connectivity index (χ1v) is 13.6. The van der Waals surface area contributed by atoms with Gasteiger partial charge in [-0.05, 0) is 50.8 Å². The third kappa shape index (κ3) is 16.6. The second kappa shape index (κ2) is 21.5. The van der Waals surface area contributed by atoms with E-state index in [9.17, 15) is 4.79 Å². The molecule has 0 aliphatic carbocycles. The van der Waals surface area contributed by atoms with E-state index in [4.69, 9.17) is 9.47 Å². The zero-order valence-electron chi connectivity index (χ0n) is 22.1. The Kier molecular flexibility index (Phi) is 19.0. The number of ether oxygens (including phenoxy) is 2. The smallest absolute Gasteiger partial charge is 0.221 e. The fraction of sp³-hybridized carbons (Fsp3) is 0.690. The quantitative estimate of drug-likeness (QED) is 0.134. The highest BCUT2D eigenvalue weighted by Crippen LogP contribution is 2.30. The molecule has 0 saturated carbocycles. The standard InChI is InChI=1S/C29H50N2O3/c1-4-5-6-7-8-9-10-11-12-13-14-15-16-17-18-19-22-30-23-24-34-28-21-20-27(31-26(2)32)25-29(28)33-3/h11-12,20-21,25,30H,4-10,13-19,22-24H2,1-3H3,(H,31,32)/b12-11-.